The number of nitrogens with one attached hydrogen (secondary N) is 1. The van der Waals surface area contributed by atoms with Crippen LogP contribution in [0.4, 0.5) is 17.1 Å². The Hall–Kier alpha value is -4.17. The van der Waals surface area contributed by atoms with Crippen LogP contribution in [-0.4, -0.2) is 80.7 Å². The van der Waals surface area contributed by atoms with E-state index in [2.05, 4.69) is 29.0 Å². The molecule has 3 aromatic carbocycles. The van der Waals surface area contributed by atoms with Crippen molar-refractivity contribution in [1.82, 2.24) is 9.80 Å². The lowest BCUT2D eigenvalue weighted by atomic mass is 9.77. The molecule has 41 heavy (non-hydrogen) atoms. The van der Waals surface area contributed by atoms with Gasteiger partial charge in [0.25, 0.3) is 5.91 Å². The van der Waals surface area contributed by atoms with Gasteiger partial charge in [-0.05, 0) is 86.0 Å². The highest BCUT2D eigenvalue weighted by Gasteiger charge is 2.49. The average molecular weight is 551 g/mol. The van der Waals surface area contributed by atoms with Crippen LogP contribution < -0.4 is 15.5 Å². The van der Waals surface area contributed by atoms with Gasteiger partial charge in [0.1, 0.15) is 0 Å². The number of nitrogens with two attached hydrogens (primary N) is 1. The smallest absolute Gasteiger partial charge is 0.253 e. The number of likely N-dealkylation sites (N-methyl/N-ethyl adjacent to an activating group) is 1. The fraction of sp³-hybridized carbons (Fsp3) is 0.364. The predicted octanol–water partition coefficient (Wildman–Crippen LogP) is 4.34. The molecule has 3 fully saturated rings. The molecule has 0 atom stereocenters. The zero-order valence-corrected chi connectivity index (χ0v) is 23.7. The molecule has 212 valence electrons. The number of anilines is 3. The van der Waals surface area contributed by atoms with E-state index in [1.165, 1.54) is 11.9 Å². The van der Waals surface area contributed by atoms with E-state index < -0.39 is 5.41 Å². The monoisotopic (exact) mass is 550 g/mol. The summed E-state index contributed by atoms with van der Waals surface area (Å²) in [6.07, 6.45) is 3.47. The number of nitrogen functional groups attached to an aromatic ring is 1. The molecule has 3 aliphatic heterocycles. The van der Waals surface area contributed by atoms with Crippen LogP contribution in [0.5, 0.6) is 0 Å². The Morgan fingerprint density at radius 2 is 1.41 bits per heavy atom. The molecule has 3 N–H and O–H groups in total. The highest BCUT2D eigenvalue weighted by atomic mass is 16.2. The Bertz CT molecular complexity index is 1440. The first-order valence-corrected chi connectivity index (χ1v) is 14.5. The third-order valence-corrected chi connectivity index (χ3v) is 9.26. The van der Waals surface area contributed by atoms with Crippen molar-refractivity contribution in [2.75, 3.05) is 68.4 Å². The van der Waals surface area contributed by atoms with E-state index in [9.17, 15) is 9.59 Å². The molecular formula is C33H38N6O2. The second kappa shape index (κ2) is 11.0. The van der Waals surface area contributed by atoms with Crippen LogP contribution in [-0.2, 0) is 4.79 Å². The second-order valence-corrected chi connectivity index (χ2v) is 11.7. The Balaban J connectivity index is 1.07. The van der Waals surface area contributed by atoms with Gasteiger partial charge in [-0.25, -0.2) is 0 Å². The molecule has 0 bridgehead atoms. The highest BCUT2D eigenvalue weighted by Crippen LogP contribution is 2.43. The van der Waals surface area contributed by atoms with Crippen LogP contribution >= 0.6 is 0 Å². The average Bonchev–Trinajstić information content (AvgIpc) is 3.32. The fourth-order valence-electron chi connectivity index (χ4n) is 6.44. The molecule has 3 aliphatic rings. The van der Waals surface area contributed by atoms with Crippen molar-refractivity contribution < 1.29 is 9.59 Å². The Labute approximate surface area is 241 Å². The van der Waals surface area contributed by atoms with Crippen molar-refractivity contribution in [2.24, 2.45) is 5.41 Å². The van der Waals surface area contributed by atoms with Crippen LogP contribution in [0.15, 0.2) is 66.7 Å². The molecule has 0 radical (unpaired) electrons. The quantitative estimate of drug-likeness (QED) is 0.364. The van der Waals surface area contributed by atoms with E-state index in [0.717, 1.165) is 49.4 Å². The number of likely N-dealkylation sites (tertiary alicyclic amines) is 1. The summed E-state index contributed by atoms with van der Waals surface area (Å²) < 4.78 is 0. The highest BCUT2D eigenvalue weighted by molar-refractivity contribution is 6.01. The van der Waals surface area contributed by atoms with Crippen molar-refractivity contribution in [1.29, 1.82) is 5.41 Å². The van der Waals surface area contributed by atoms with E-state index in [1.54, 1.807) is 0 Å². The van der Waals surface area contributed by atoms with E-state index in [-0.39, 0.29) is 11.8 Å². The lowest BCUT2D eigenvalue weighted by Gasteiger charge is -2.38. The molecule has 8 heteroatoms. The van der Waals surface area contributed by atoms with Gasteiger partial charge in [0, 0.05) is 80.2 Å². The molecule has 3 saturated heterocycles. The third-order valence-electron chi connectivity index (χ3n) is 9.26. The van der Waals surface area contributed by atoms with Crippen LogP contribution in [0.2, 0.25) is 0 Å². The van der Waals surface area contributed by atoms with Gasteiger partial charge < -0.3 is 30.7 Å². The van der Waals surface area contributed by atoms with Gasteiger partial charge in [0.2, 0.25) is 5.91 Å². The van der Waals surface area contributed by atoms with Gasteiger partial charge in [0.05, 0.1) is 5.41 Å². The molecule has 1 spiro atoms. The molecule has 2 amide bonds. The van der Waals surface area contributed by atoms with Crippen LogP contribution in [0, 0.1) is 10.8 Å². The van der Waals surface area contributed by atoms with Gasteiger partial charge in [0.15, 0.2) is 0 Å². The molecule has 0 saturated carbocycles. The molecule has 3 aromatic rings. The van der Waals surface area contributed by atoms with Gasteiger partial charge in [-0.15, -0.1) is 0 Å². The number of amides is 2. The Morgan fingerprint density at radius 3 is 2.07 bits per heavy atom. The molecule has 6 rings (SSSR count). The molecule has 0 aromatic heterocycles. The summed E-state index contributed by atoms with van der Waals surface area (Å²) >= 11 is 0. The molecule has 3 heterocycles. The summed E-state index contributed by atoms with van der Waals surface area (Å²) in [4.78, 5) is 35.5. The normalized spacial score (nSPS) is 19.1. The number of piperazine rings is 1. The summed E-state index contributed by atoms with van der Waals surface area (Å²) in [5.41, 5.74) is 11.6. The minimum atomic E-state index is -0.392. The largest absolute Gasteiger partial charge is 0.398 e. The second-order valence-electron chi connectivity index (χ2n) is 11.7. The molecule has 0 aliphatic carbocycles. The molecule has 0 unspecified atom stereocenters. The van der Waals surface area contributed by atoms with Gasteiger partial charge >= 0.3 is 0 Å². The topological polar surface area (TPSA) is 97.0 Å². The zero-order valence-electron chi connectivity index (χ0n) is 23.7. The van der Waals surface area contributed by atoms with E-state index in [1.807, 2.05) is 64.4 Å². The summed E-state index contributed by atoms with van der Waals surface area (Å²) in [5.74, 6) is 0.226. The maximum atomic E-state index is 13.7. The van der Waals surface area contributed by atoms with Gasteiger partial charge in [-0.2, -0.15) is 0 Å². The fourth-order valence-corrected chi connectivity index (χ4v) is 6.44. The first-order chi connectivity index (χ1) is 19.9. The van der Waals surface area contributed by atoms with Crippen molar-refractivity contribution >= 4 is 35.1 Å². The SMILES string of the molecule is CN1CCN(c2ccc(C(=O)N3CCC4(CC3)CCN(c3ccc(-c5ccc(N)c(C=N)c5)cc3)C4=O)cc2)CC1. The zero-order chi connectivity index (χ0) is 28.6. The lowest BCUT2D eigenvalue weighted by molar-refractivity contribution is -0.127. The Morgan fingerprint density at radius 1 is 0.805 bits per heavy atom. The Kier molecular flexibility index (Phi) is 7.26. The number of piperidine rings is 1. The minimum Gasteiger partial charge on any atom is -0.398 e. The van der Waals surface area contributed by atoms with Crippen LogP contribution in [0.3, 0.4) is 0 Å². The molecular weight excluding hydrogens is 512 g/mol. The maximum Gasteiger partial charge on any atom is 0.253 e. The van der Waals surface area contributed by atoms with Gasteiger partial charge in [-0.1, -0.05) is 18.2 Å². The van der Waals surface area contributed by atoms with Crippen molar-refractivity contribution in [3.05, 3.63) is 77.9 Å². The number of hydrogen-bond acceptors (Lipinski definition) is 6. The number of nitrogens with zero attached hydrogens (tertiary/aromatic N) is 4. The minimum absolute atomic E-state index is 0.0523. The summed E-state index contributed by atoms with van der Waals surface area (Å²) in [6.45, 7) is 6.00. The number of rotatable bonds is 5. The predicted molar refractivity (Wildman–Crippen MR) is 165 cm³/mol. The first-order valence-electron chi connectivity index (χ1n) is 14.5. The number of benzene rings is 3. The van der Waals surface area contributed by atoms with E-state index in [0.29, 0.717) is 49.3 Å². The van der Waals surface area contributed by atoms with Crippen molar-refractivity contribution in [3.63, 3.8) is 0 Å². The van der Waals surface area contributed by atoms with Crippen molar-refractivity contribution in [3.8, 4) is 11.1 Å². The summed E-state index contributed by atoms with van der Waals surface area (Å²) in [6, 6.07) is 21.7. The third kappa shape index (κ3) is 5.20. The van der Waals surface area contributed by atoms with Gasteiger partial charge in [-0.3, -0.25) is 9.59 Å². The molecule has 8 nitrogen and oxygen atoms in total. The van der Waals surface area contributed by atoms with E-state index in [4.69, 9.17) is 11.1 Å². The first kappa shape index (κ1) is 27.0. The maximum absolute atomic E-state index is 13.7. The summed E-state index contributed by atoms with van der Waals surface area (Å²) in [5, 5.41) is 7.56. The van der Waals surface area contributed by atoms with Crippen molar-refractivity contribution in [2.45, 2.75) is 19.3 Å². The number of hydrogen-bond donors (Lipinski definition) is 2. The number of carbonyl (C=O) groups excluding carboxylic acids is 2. The van der Waals surface area contributed by atoms with Crippen LogP contribution in [0.1, 0.15) is 35.2 Å². The van der Waals surface area contributed by atoms with Crippen LogP contribution in [0.25, 0.3) is 11.1 Å². The number of carbonyl (C=O) groups is 2. The standard InChI is InChI=1S/C33H38N6O2/c1-36-18-20-37(21-19-36)28-7-4-25(5-8-28)31(40)38-15-12-33(13-16-38)14-17-39(32(33)41)29-9-2-24(3-10-29)26-6-11-30(35)27(22-26)23-34/h2-11,22-23,34H,12-21,35H2,1H3. The lowest BCUT2D eigenvalue weighted by Crippen LogP contribution is -2.46. The summed E-state index contributed by atoms with van der Waals surface area (Å²) in [7, 11) is 2.15. The van der Waals surface area contributed by atoms with E-state index >= 15 is 0 Å².